The van der Waals surface area contributed by atoms with Crippen LogP contribution in [0.25, 0.3) is 0 Å². The maximum absolute atomic E-state index is 13.4. The first kappa shape index (κ1) is 13.9. The number of carboxylic acid groups (broad SMARTS) is 1. The van der Waals surface area contributed by atoms with Gasteiger partial charge in [0.05, 0.1) is 0 Å². The van der Waals surface area contributed by atoms with E-state index in [0.717, 1.165) is 0 Å². The smallest absolute Gasteiger partial charge is 0.326 e. The summed E-state index contributed by atoms with van der Waals surface area (Å²) < 4.78 is 13.4. The van der Waals surface area contributed by atoms with Crippen LogP contribution in [0.5, 0.6) is 0 Å². The molecule has 1 atom stereocenters. The molecule has 0 aliphatic carbocycles. The number of carbonyl (C=O) groups is 2. The zero-order valence-corrected chi connectivity index (χ0v) is 11.2. The molecule has 1 saturated heterocycles. The molecule has 2 rings (SSSR count). The van der Waals surface area contributed by atoms with E-state index in [1.807, 2.05) is 0 Å². The van der Waals surface area contributed by atoms with Crippen molar-refractivity contribution >= 4 is 23.6 Å². The Labute approximate surface area is 114 Å². The maximum Gasteiger partial charge on any atom is 0.326 e. The zero-order chi connectivity index (χ0) is 14.0. The van der Waals surface area contributed by atoms with E-state index in [9.17, 15) is 14.0 Å². The largest absolute Gasteiger partial charge is 0.480 e. The molecule has 102 valence electrons. The van der Waals surface area contributed by atoms with E-state index in [1.165, 1.54) is 34.9 Å². The Morgan fingerprint density at radius 2 is 2.21 bits per heavy atom. The average molecular weight is 283 g/mol. The number of hydrogen-bond acceptors (Lipinski definition) is 3. The van der Waals surface area contributed by atoms with Gasteiger partial charge in [0.2, 0.25) is 0 Å². The molecule has 1 aliphatic rings. The Morgan fingerprint density at radius 1 is 1.47 bits per heavy atom. The molecular formula is C13H14FNO3S. The number of nitrogens with zero attached hydrogens (tertiary/aromatic N) is 1. The second-order valence-electron chi connectivity index (χ2n) is 4.34. The number of benzene rings is 1. The van der Waals surface area contributed by atoms with Gasteiger partial charge in [0.1, 0.15) is 11.9 Å². The van der Waals surface area contributed by atoms with E-state index in [0.29, 0.717) is 29.8 Å². The fourth-order valence-electron chi connectivity index (χ4n) is 2.23. The molecule has 1 N–H and O–H groups in total. The van der Waals surface area contributed by atoms with Gasteiger partial charge in [-0.15, -0.1) is 11.8 Å². The second kappa shape index (κ2) is 5.61. The van der Waals surface area contributed by atoms with Gasteiger partial charge in [0, 0.05) is 17.0 Å². The molecule has 6 heteroatoms. The number of rotatable bonds is 3. The van der Waals surface area contributed by atoms with Crippen LogP contribution >= 0.6 is 11.8 Å². The molecule has 0 aromatic heterocycles. The van der Waals surface area contributed by atoms with E-state index >= 15 is 0 Å². The predicted molar refractivity (Wildman–Crippen MR) is 69.9 cm³/mol. The topological polar surface area (TPSA) is 57.6 Å². The van der Waals surface area contributed by atoms with E-state index in [-0.39, 0.29) is 11.7 Å². The number of likely N-dealkylation sites (tertiary alicyclic amines) is 1. The molecule has 1 unspecified atom stereocenters. The zero-order valence-electron chi connectivity index (χ0n) is 10.4. The summed E-state index contributed by atoms with van der Waals surface area (Å²) in [4.78, 5) is 25.1. The summed E-state index contributed by atoms with van der Waals surface area (Å²) in [7, 11) is 0. The van der Waals surface area contributed by atoms with Crippen LogP contribution in [0.4, 0.5) is 4.39 Å². The quantitative estimate of drug-likeness (QED) is 0.864. The van der Waals surface area contributed by atoms with E-state index in [4.69, 9.17) is 5.11 Å². The van der Waals surface area contributed by atoms with Crippen LogP contribution in [0.15, 0.2) is 23.1 Å². The van der Waals surface area contributed by atoms with E-state index in [2.05, 4.69) is 0 Å². The third-order valence-electron chi connectivity index (χ3n) is 3.20. The molecule has 19 heavy (non-hydrogen) atoms. The number of thioether (sulfide) groups is 1. The van der Waals surface area contributed by atoms with Gasteiger partial charge >= 0.3 is 5.97 Å². The second-order valence-corrected chi connectivity index (χ2v) is 5.19. The number of carbonyl (C=O) groups excluding carboxylic acids is 1. The molecule has 1 aliphatic heterocycles. The highest BCUT2D eigenvalue weighted by molar-refractivity contribution is 7.98. The van der Waals surface area contributed by atoms with E-state index in [1.54, 1.807) is 6.26 Å². The fourth-order valence-corrected chi connectivity index (χ4v) is 2.73. The van der Waals surface area contributed by atoms with Crippen LogP contribution in [0.2, 0.25) is 0 Å². The van der Waals surface area contributed by atoms with Crippen LogP contribution in [-0.2, 0) is 4.79 Å². The normalized spacial score (nSPS) is 18.6. The molecule has 0 saturated carbocycles. The number of carboxylic acids is 1. The lowest BCUT2D eigenvalue weighted by Gasteiger charge is -2.21. The van der Waals surface area contributed by atoms with Crippen LogP contribution in [-0.4, -0.2) is 40.7 Å². The number of aliphatic carboxylic acids is 1. The third kappa shape index (κ3) is 2.73. The van der Waals surface area contributed by atoms with Gasteiger partial charge in [0.15, 0.2) is 0 Å². The van der Waals surface area contributed by atoms with Crippen molar-refractivity contribution in [3.05, 3.63) is 29.6 Å². The molecule has 1 aromatic rings. The highest BCUT2D eigenvalue weighted by Crippen LogP contribution is 2.24. The lowest BCUT2D eigenvalue weighted by atomic mass is 10.1. The predicted octanol–water partition coefficient (Wildman–Crippen LogP) is 2.24. The molecule has 0 bridgehead atoms. The summed E-state index contributed by atoms with van der Waals surface area (Å²) in [5.41, 5.74) is 0.332. The number of hydrogen-bond donors (Lipinski definition) is 1. The molecule has 1 fully saturated rings. The van der Waals surface area contributed by atoms with Gasteiger partial charge in [-0.2, -0.15) is 0 Å². The Kier molecular flexibility index (Phi) is 4.09. The summed E-state index contributed by atoms with van der Waals surface area (Å²) in [6.45, 7) is 0.432. The Hall–Kier alpha value is -1.56. The van der Waals surface area contributed by atoms with Crippen molar-refractivity contribution in [3.63, 3.8) is 0 Å². The van der Waals surface area contributed by atoms with Gasteiger partial charge in [-0.05, 0) is 37.3 Å². The van der Waals surface area contributed by atoms with Crippen molar-refractivity contribution in [2.45, 2.75) is 23.8 Å². The third-order valence-corrected chi connectivity index (χ3v) is 3.95. The molecule has 0 spiro atoms. The standard InChI is InChI=1S/C13H14FNO3S/c1-19-11-7-8(4-5-9(11)14)12(16)15-6-2-3-10(15)13(17)18/h4-5,7,10H,2-3,6H2,1H3,(H,17,18). The highest BCUT2D eigenvalue weighted by Gasteiger charge is 2.34. The van der Waals surface area contributed by atoms with Crippen LogP contribution in [0.1, 0.15) is 23.2 Å². The van der Waals surface area contributed by atoms with Gasteiger partial charge in [0.25, 0.3) is 5.91 Å². The van der Waals surface area contributed by atoms with Gasteiger partial charge in [-0.25, -0.2) is 9.18 Å². The van der Waals surface area contributed by atoms with Gasteiger partial charge in [-0.1, -0.05) is 0 Å². The lowest BCUT2D eigenvalue weighted by Crippen LogP contribution is -2.40. The molecule has 4 nitrogen and oxygen atoms in total. The fraction of sp³-hybridized carbons (Fsp3) is 0.385. The lowest BCUT2D eigenvalue weighted by molar-refractivity contribution is -0.141. The average Bonchev–Trinajstić information content (AvgIpc) is 2.87. The van der Waals surface area contributed by atoms with Crippen molar-refractivity contribution in [1.82, 2.24) is 4.90 Å². The Bertz CT molecular complexity index is 521. The van der Waals surface area contributed by atoms with Gasteiger partial charge in [-0.3, -0.25) is 4.79 Å². The summed E-state index contributed by atoms with van der Waals surface area (Å²) in [5, 5.41) is 9.07. The Balaban J connectivity index is 2.26. The molecule has 1 heterocycles. The van der Waals surface area contributed by atoms with Crippen LogP contribution in [0.3, 0.4) is 0 Å². The molecule has 1 aromatic carbocycles. The molecule has 1 amide bonds. The van der Waals surface area contributed by atoms with Crippen molar-refractivity contribution in [1.29, 1.82) is 0 Å². The summed E-state index contributed by atoms with van der Waals surface area (Å²) >= 11 is 1.21. The monoisotopic (exact) mass is 283 g/mol. The summed E-state index contributed by atoms with van der Waals surface area (Å²) in [6.07, 6.45) is 2.87. The minimum absolute atomic E-state index is 0.332. The Morgan fingerprint density at radius 3 is 2.84 bits per heavy atom. The van der Waals surface area contributed by atoms with Gasteiger partial charge < -0.3 is 10.0 Å². The van der Waals surface area contributed by atoms with E-state index < -0.39 is 12.0 Å². The number of halogens is 1. The molecular weight excluding hydrogens is 269 g/mol. The first-order valence-corrected chi connectivity index (χ1v) is 7.14. The number of amides is 1. The van der Waals surface area contributed by atoms with Crippen LogP contribution in [0, 0.1) is 5.82 Å². The van der Waals surface area contributed by atoms with Crippen molar-refractivity contribution in [3.8, 4) is 0 Å². The maximum atomic E-state index is 13.4. The molecule has 0 radical (unpaired) electrons. The first-order chi connectivity index (χ1) is 9.04. The van der Waals surface area contributed by atoms with Crippen molar-refractivity contribution in [2.75, 3.05) is 12.8 Å². The summed E-state index contributed by atoms with van der Waals surface area (Å²) in [5.74, 6) is -1.71. The highest BCUT2D eigenvalue weighted by atomic mass is 32.2. The first-order valence-electron chi connectivity index (χ1n) is 5.92. The minimum atomic E-state index is -0.988. The van der Waals surface area contributed by atoms with Crippen LogP contribution < -0.4 is 0 Å². The SMILES string of the molecule is CSc1cc(C(=O)N2CCCC2C(=O)O)ccc1F. The minimum Gasteiger partial charge on any atom is -0.480 e. The van der Waals surface area contributed by atoms with Crippen molar-refractivity contribution in [2.24, 2.45) is 0 Å². The van der Waals surface area contributed by atoms with Crippen molar-refractivity contribution < 1.29 is 19.1 Å². The summed E-state index contributed by atoms with van der Waals surface area (Å²) in [6, 6.07) is 3.34.